The summed E-state index contributed by atoms with van der Waals surface area (Å²) in [4.78, 5) is 25.3. The SMILES string of the molecule is COC(=O)c1cn(C(=O)C2CCN(S(=O)(=O)c3cccs3)CC2)c2ccccc12. The van der Waals surface area contributed by atoms with E-state index in [9.17, 15) is 18.0 Å². The minimum atomic E-state index is -3.51. The van der Waals surface area contributed by atoms with Gasteiger partial charge in [0.05, 0.1) is 18.2 Å². The maximum atomic E-state index is 13.2. The number of ether oxygens (including phenoxy) is 1. The minimum Gasteiger partial charge on any atom is -0.465 e. The molecule has 1 saturated heterocycles. The maximum Gasteiger partial charge on any atom is 0.340 e. The Bertz CT molecular complexity index is 1160. The van der Waals surface area contributed by atoms with Gasteiger partial charge in [0.1, 0.15) is 4.21 Å². The number of nitrogens with zero attached hydrogens (tertiary/aromatic N) is 2. The highest BCUT2D eigenvalue weighted by Gasteiger charge is 2.33. The number of fused-ring (bicyclic) bond motifs is 1. The summed E-state index contributed by atoms with van der Waals surface area (Å²) >= 11 is 1.19. The molecule has 0 unspecified atom stereocenters. The minimum absolute atomic E-state index is 0.135. The number of sulfonamides is 1. The van der Waals surface area contributed by atoms with Gasteiger partial charge in [-0.25, -0.2) is 13.2 Å². The number of para-hydroxylation sites is 1. The molecule has 7 nitrogen and oxygen atoms in total. The molecule has 152 valence electrons. The maximum absolute atomic E-state index is 13.2. The number of benzene rings is 1. The molecule has 4 rings (SSSR count). The zero-order valence-electron chi connectivity index (χ0n) is 15.8. The van der Waals surface area contributed by atoms with Gasteiger partial charge in [-0.1, -0.05) is 24.3 Å². The number of esters is 1. The van der Waals surface area contributed by atoms with Crippen LogP contribution in [0.15, 0.2) is 52.2 Å². The summed E-state index contributed by atoms with van der Waals surface area (Å²) in [7, 11) is -2.20. The van der Waals surface area contributed by atoms with Crippen molar-refractivity contribution in [3.63, 3.8) is 0 Å². The smallest absolute Gasteiger partial charge is 0.340 e. The molecule has 3 heterocycles. The number of carbonyl (C=O) groups is 2. The molecule has 1 aromatic carbocycles. The molecule has 0 radical (unpaired) electrons. The third kappa shape index (κ3) is 3.50. The lowest BCUT2D eigenvalue weighted by atomic mass is 9.97. The lowest BCUT2D eigenvalue weighted by Gasteiger charge is -2.30. The largest absolute Gasteiger partial charge is 0.465 e. The van der Waals surface area contributed by atoms with Crippen LogP contribution in [0.1, 0.15) is 28.0 Å². The fourth-order valence-corrected chi connectivity index (χ4v) is 6.33. The first kappa shape index (κ1) is 19.8. The summed E-state index contributed by atoms with van der Waals surface area (Å²) in [5.74, 6) is -0.944. The van der Waals surface area contributed by atoms with Crippen molar-refractivity contribution in [2.75, 3.05) is 20.2 Å². The van der Waals surface area contributed by atoms with Gasteiger partial charge in [-0.15, -0.1) is 11.3 Å². The summed E-state index contributed by atoms with van der Waals surface area (Å²) in [6.07, 6.45) is 2.39. The molecule has 0 amide bonds. The van der Waals surface area contributed by atoms with Crippen LogP contribution in [0.5, 0.6) is 0 Å². The Morgan fingerprint density at radius 3 is 2.48 bits per heavy atom. The van der Waals surface area contributed by atoms with Crippen molar-refractivity contribution in [1.29, 1.82) is 0 Å². The molecule has 2 aromatic heterocycles. The second-order valence-electron chi connectivity index (χ2n) is 6.87. The number of piperidine rings is 1. The van der Waals surface area contributed by atoms with Crippen LogP contribution in [0.3, 0.4) is 0 Å². The van der Waals surface area contributed by atoms with Crippen molar-refractivity contribution in [3.05, 3.63) is 53.5 Å². The van der Waals surface area contributed by atoms with Crippen molar-refractivity contribution in [2.24, 2.45) is 5.92 Å². The van der Waals surface area contributed by atoms with Crippen LogP contribution in [0.25, 0.3) is 10.9 Å². The quantitative estimate of drug-likeness (QED) is 0.591. The van der Waals surface area contributed by atoms with Crippen LogP contribution < -0.4 is 0 Å². The van der Waals surface area contributed by atoms with E-state index >= 15 is 0 Å². The highest BCUT2D eigenvalue weighted by molar-refractivity contribution is 7.91. The van der Waals surface area contributed by atoms with Gasteiger partial charge in [0.2, 0.25) is 5.91 Å². The Kier molecular flexibility index (Phi) is 5.28. The average molecular weight is 433 g/mol. The van der Waals surface area contributed by atoms with Gasteiger partial charge in [0.25, 0.3) is 10.0 Å². The van der Waals surface area contributed by atoms with E-state index in [4.69, 9.17) is 4.74 Å². The molecule has 0 atom stereocenters. The lowest BCUT2D eigenvalue weighted by molar-refractivity contribution is 0.0603. The summed E-state index contributed by atoms with van der Waals surface area (Å²) in [6.45, 7) is 0.583. The first-order chi connectivity index (χ1) is 13.9. The Balaban J connectivity index is 1.56. The highest BCUT2D eigenvalue weighted by Crippen LogP contribution is 2.29. The van der Waals surface area contributed by atoms with Gasteiger partial charge >= 0.3 is 5.97 Å². The Morgan fingerprint density at radius 2 is 1.83 bits per heavy atom. The monoisotopic (exact) mass is 432 g/mol. The third-order valence-corrected chi connectivity index (χ3v) is 8.52. The Morgan fingerprint density at radius 1 is 1.10 bits per heavy atom. The van der Waals surface area contributed by atoms with E-state index in [1.807, 2.05) is 6.07 Å². The third-order valence-electron chi connectivity index (χ3n) is 5.25. The molecule has 0 spiro atoms. The second-order valence-corrected chi connectivity index (χ2v) is 9.98. The van der Waals surface area contributed by atoms with E-state index in [2.05, 4.69) is 0 Å². The summed E-state index contributed by atoms with van der Waals surface area (Å²) in [5.41, 5.74) is 0.987. The molecule has 9 heteroatoms. The van der Waals surface area contributed by atoms with E-state index < -0.39 is 16.0 Å². The number of rotatable bonds is 4. The number of aromatic nitrogens is 1. The molecule has 1 aliphatic rings. The fourth-order valence-electron chi connectivity index (χ4n) is 3.71. The molecule has 1 fully saturated rings. The van der Waals surface area contributed by atoms with Crippen molar-refractivity contribution in [1.82, 2.24) is 8.87 Å². The molecule has 0 bridgehead atoms. The predicted octanol–water partition coefficient (Wildman–Crippen LogP) is 3.23. The summed E-state index contributed by atoms with van der Waals surface area (Å²) in [6, 6.07) is 10.5. The average Bonchev–Trinajstić information content (AvgIpc) is 3.41. The molecular formula is C20H20N2O5S2. The molecule has 0 saturated carbocycles. The van der Waals surface area contributed by atoms with Crippen LogP contribution in [-0.4, -0.2) is 49.4 Å². The first-order valence-corrected chi connectivity index (χ1v) is 11.5. The van der Waals surface area contributed by atoms with E-state index in [0.717, 1.165) is 0 Å². The summed E-state index contributed by atoms with van der Waals surface area (Å²) < 4.78 is 33.4. The standard InChI is InChI=1S/C20H20N2O5S2/c1-27-20(24)16-13-22(17-6-3-2-5-15(16)17)19(23)14-8-10-21(11-9-14)29(25,26)18-7-4-12-28-18/h2-7,12-14H,8-11H2,1H3. The van der Waals surface area contributed by atoms with Gasteiger partial charge in [0, 0.05) is 30.6 Å². The second kappa shape index (κ2) is 7.74. The normalized spacial score (nSPS) is 16.2. The van der Waals surface area contributed by atoms with Crippen LogP contribution >= 0.6 is 11.3 Å². The van der Waals surface area contributed by atoms with Crippen LogP contribution in [0.2, 0.25) is 0 Å². The number of carbonyl (C=O) groups excluding carboxylic acids is 2. The number of methoxy groups -OCH3 is 1. The molecule has 3 aromatic rings. The van der Waals surface area contributed by atoms with Gasteiger partial charge in [-0.2, -0.15) is 4.31 Å². The fraction of sp³-hybridized carbons (Fsp3) is 0.300. The van der Waals surface area contributed by atoms with Crippen molar-refractivity contribution >= 4 is 44.1 Å². The van der Waals surface area contributed by atoms with E-state index in [-0.39, 0.29) is 11.8 Å². The summed E-state index contributed by atoms with van der Waals surface area (Å²) in [5, 5.41) is 2.39. The van der Waals surface area contributed by atoms with Crippen LogP contribution in [-0.2, 0) is 14.8 Å². The molecule has 0 N–H and O–H groups in total. The number of hydrogen-bond donors (Lipinski definition) is 0. The molecular weight excluding hydrogens is 412 g/mol. The zero-order valence-corrected chi connectivity index (χ0v) is 17.4. The van der Waals surface area contributed by atoms with E-state index in [0.29, 0.717) is 46.6 Å². The van der Waals surface area contributed by atoms with E-state index in [1.54, 1.807) is 35.7 Å². The van der Waals surface area contributed by atoms with Gasteiger partial charge in [-0.3, -0.25) is 9.36 Å². The van der Waals surface area contributed by atoms with Gasteiger partial charge in [-0.05, 0) is 30.4 Å². The molecule has 1 aliphatic heterocycles. The predicted molar refractivity (Wildman–Crippen MR) is 110 cm³/mol. The topological polar surface area (TPSA) is 85.7 Å². The van der Waals surface area contributed by atoms with Crippen molar-refractivity contribution in [3.8, 4) is 0 Å². The Hall–Kier alpha value is -2.49. The zero-order chi connectivity index (χ0) is 20.6. The van der Waals surface area contributed by atoms with Crippen molar-refractivity contribution < 1.29 is 22.7 Å². The van der Waals surface area contributed by atoms with Crippen molar-refractivity contribution in [2.45, 2.75) is 17.1 Å². The Labute approximate surface area is 172 Å². The highest BCUT2D eigenvalue weighted by atomic mass is 32.2. The number of hydrogen-bond acceptors (Lipinski definition) is 6. The lowest BCUT2D eigenvalue weighted by Crippen LogP contribution is -2.40. The molecule has 0 aliphatic carbocycles. The van der Waals surface area contributed by atoms with E-state index in [1.165, 1.54) is 33.5 Å². The van der Waals surface area contributed by atoms with Crippen LogP contribution in [0.4, 0.5) is 0 Å². The molecule has 29 heavy (non-hydrogen) atoms. The van der Waals surface area contributed by atoms with Gasteiger partial charge in [0.15, 0.2) is 0 Å². The number of thiophene rings is 1. The van der Waals surface area contributed by atoms with Crippen LogP contribution in [0, 0.1) is 5.92 Å². The first-order valence-electron chi connectivity index (χ1n) is 9.19. The van der Waals surface area contributed by atoms with Gasteiger partial charge < -0.3 is 4.74 Å².